The van der Waals surface area contributed by atoms with Crippen molar-refractivity contribution in [3.63, 3.8) is 0 Å². The van der Waals surface area contributed by atoms with Crippen molar-refractivity contribution in [3.05, 3.63) is 29.6 Å². The van der Waals surface area contributed by atoms with Gasteiger partial charge in [0.25, 0.3) is 0 Å². The molecule has 74 valence electrons. The lowest BCUT2D eigenvalue weighted by Gasteiger charge is -2.07. The second kappa shape index (κ2) is 3.78. The number of hydrogen-bond donors (Lipinski definition) is 0. The molecule has 1 atom stereocenters. The topological polar surface area (TPSA) is 39.2 Å². The predicted molar refractivity (Wildman–Crippen MR) is 51.9 cm³/mol. The highest BCUT2D eigenvalue weighted by molar-refractivity contribution is 5.93. The molecule has 3 nitrogen and oxygen atoms in total. The van der Waals surface area contributed by atoms with Crippen molar-refractivity contribution in [2.45, 2.75) is 32.3 Å². The lowest BCUT2D eigenvalue weighted by molar-refractivity contribution is 0.0359. The zero-order valence-corrected chi connectivity index (χ0v) is 8.19. The van der Waals surface area contributed by atoms with E-state index in [4.69, 9.17) is 4.74 Å². The minimum atomic E-state index is -0.228. The van der Waals surface area contributed by atoms with Crippen molar-refractivity contribution in [1.29, 1.82) is 0 Å². The molecule has 0 spiro atoms. The normalized spacial score (nSPS) is 19.2. The van der Waals surface area contributed by atoms with Gasteiger partial charge in [-0.2, -0.15) is 0 Å². The van der Waals surface area contributed by atoms with Crippen LogP contribution in [0.2, 0.25) is 0 Å². The summed E-state index contributed by atoms with van der Waals surface area (Å²) >= 11 is 0. The highest BCUT2D eigenvalue weighted by Gasteiger charge is 2.31. The SMILES string of the molecule is CCCCC1OC(=O)c2cccnc21. The molecule has 0 aromatic carbocycles. The first-order chi connectivity index (χ1) is 6.83. The lowest BCUT2D eigenvalue weighted by Crippen LogP contribution is -1.99. The Morgan fingerprint density at radius 2 is 2.43 bits per heavy atom. The van der Waals surface area contributed by atoms with E-state index in [0.717, 1.165) is 25.0 Å². The summed E-state index contributed by atoms with van der Waals surface area (Å²) in [7, 11) is 0. The number of aromatic nitrogens is 1. The van der Waals surface area contributed by atoms with Gasteiger partial charge >= 0.3 is 5.97 Å². The second-order valence-corrected chi connectivity index (χ2v) is 3.47. The standard InChI is InChI=1S/C11H13NO2/c1-2-3-6-9-10-8(11(13)14-9)5-4-7-12-10/h4-5,7,9H,2-3,6H2,1H3. The van der Waals surface area contributed by atoms with Crippen LogP contribution < -0.4 is 0 Å². The molecule has 2 rings (SSSR count). The summed E-state index contributed by atoms with van der Waals surface area (Å²) in [6.45, 7) is 2.12. The molecule has 0 amide bonds. The van der Waals surface area contributed by atoms with E-state index in [9.17, 15) is 4.79 Å². The summed E-state index contributed by atoms with van der Waals surface area (Å²) in [5.41, 5.74) is 1.44. The molecule has 1 aromatic heterocycles. The number of ether oxygens (including phenoxy) is 1. The number of pyridine rings is 1. The van der Waals surface area contributed by atoms with Crippen LogP contribution in [-0.2, 0) is 4.74 Å². The zero-order chi connectivity index (χ0) is 9.97. The third-order valence-corrected chi connectivity index (χ3v) is 2.43. The van der Waals surface area contributed by atoms with Crippen LogP contribution in [-0.4, -0.2) is 11.0 Å². The molecule has 1 aliphatic rings. The van der Waals surface area contributed by atoms with Gasteiger partial charge < -0.3 is 4.74 Å². The maximum atomic E-state index is 11.4. The Labute approximate surface area is 83.1 Å². The van der Waals surface area contributed by atoms with E-state index in [1.54, 1.807) is 18.3 Å². The number of cyclic esters (lactones) is 1. The van der Waals surface area contributed by atoms with E-state index in [0.29, 0.717) is 5.56 Å². The van der Waals surface area contributed by atoms with Gasteiger partial charge in [-0.05, 0) is 25.0 Å². The van der Waals surface area contributed by atoms with Gasteiger partial charge in [0.05, 0.1) is 11.3 Å². The van der Waals surface area contributed by atoms with Gasteiger partial charge in [-0.3, -0.25) is 4.98 Å². The highest BCUT2D eigenvalue weighted by Crippen LogP contribution is 2.31. The van der Waals surface area contributed by atoms with Crippen LogP contribution in [0.1, 0.15) is 48.3 Å². The maximum Gasteiger partial charge on any atom is 0.340 e. The Bertz CT molecular complexity index is 349. The van der Waals surface area contributed by atoms with Gasteiger partial charge in [-0.15, -0.1) is 0 Å². The molecule has 1 aliphatic heterocycles. The van der Waals surface area contributed by atoms with Crippen molar-refractivity contribution in [3.8, 4) is 0 Å². The molecule has 2 heterocycles. The molecular formula is C11H13NO2. The molecule has 0 saturated heterocycles. The summed E-state index contributed by atoms with van der Waals surface area (Å²) in [6.07, 6.45) is 4.65. The Morgan fingerprint density at radius 3 is 3.21 bits per heavy atom. The Morgan fingerprint density at radius 1 is 1.57 bits per heavy atom. The van der Waals surface area contributed by atoms with Crippen molar-refractivity contribution in [2.75, 3.05) is 0 Å². The minimum absolute atomic E-state index is 0.112. The fraction of sp³-hybridized carbons (Fsp3) is 0.455. The van der Waals surface area contributed by atoms with E-state index in [1.165, 1.54) is 0 Å². The Kier molecular flexibility index (Phi) is 2.48. The molecule has 0 saturated carbocycles. The first kappa shape index (κ1) is 9.19. The van der Waals surface area contributed by atoms with Gasteiger partial charge in [-0.1, -0.05) is 13.3 Å². The third kappa shape index (κ3) is 1.50. The van der Waals surface area contributed by atoms with Crippen LogP contribution >= 0.6 is 0 Å². The van der Waals surface area contributed by atoms with E-state index in [-0.39, 0.29) is 12.1 Å². The second-order valence-electron chi connectivity index (χ2n) is 3.47. The number of carbonyl (C=O) groups is 1. The molecule has 3 heteroatoms. The zero-order valence-electron chi connectivity index (χ0n) is 8.19. The first-order valence-electron chi connectivity index (χ1n) is 4.99. The summed E-state index contributed by atoms with van der Waals surface area (Å²) in [4.78, 5) is 15.6. The van der Waals surface area contributed by atoms with Gasteiger partial charge in [-0.25, -0.2) is 4.79 Å². The van der Waals surface area contributed by atoms with Gasteiger partial charge in [0.15, 0.2) is 0 Å². The number of nitrogens with zero attached hydrogens (tertiary/aromatic N) is 1. The number of rotatable bonds is 3. The van der Waals surface area contributed by atoms with Crippen LogP contribution in [0, 0.1) is 0 Å². The van der Waals surface area contributed by atoms with Crippen LogP contribution in [0.4, 0.5) is 0 Å². The Hall–Kier alpha value is -1.38. The molecule has 0 aliphatic carbocycles. The minimum Gasteiger partial charge on any atom is -0.452 e. The molecule has 1 aromatic rings. The Balaban J connectivity index is 2.21. The number of hydrogen-bond acceptors (Lipinski definition) is 3. The quantitative estimate of drug-likeness (QED) is 0.689. The van der Waals surface area contributed by atoms with E-state index in [2.05, 4.69) is 11.9 Å². The molecule has 0 radical (unpaired) electrons. The number of fused-ring (bicyclic) bond motifs is 1. The lowest BCUT2D eigenvalue weighted by atomic mass is 10.1. The van der Waals surface area contributed by atoms with Gasteiger partial charge in [0.2, 0.25) is 0 Å². The highest BCUT2D eigenvalue weighted by atomic mass is 16.5. The monoisotopic (exact) mass is 191 g/mol. The van der Waals surface area contributed by atoms with Gasteiger partial charge in [0, 0.05) is 6.20 Å². The predicted octanol–water partition coefficient (Wildman–Crippen LogP) is 2.48. The molecule has 0 fully saturated rings. The molecular weight excluding hydrogens is 178 g/mol. The molecule has 0 bridgehead atoms. The first-order valence-corrected chi connectivity index (χ1v) is 4.99. The van der Waals surface area contributed by atoms with Crippen molar-refractivity contribution < 1.29 is 9.53 Å². The third-order valence-electron chi connectivity index (χ3n) is 2.43. The maximum absolute atomic E-state index is 11.4. The van der Waals surface area contributed by atoms with Crippen LogP contribution in [0.5, 0.6) is 0 Å². The summed E-state index contributed by atoms with van der Waals surface area (Å²) < 4.78 is 5.23. The average molecular weight is 191 g/mol. The number of carbonyl (C=O) groups excluding carboxylic acids is 1. The number of unbranched alkanes of at least 4 members (excludes halogenated alkanes) is 1. The molecule has 0 N–H and O–H groups in total. The fourth-order valence-electron chi connectivity index (χ4n) is 1.68. The summed E-state index contributed by atoms with van der Waals surface area (Å²) in [5, 5.41) is 0. The molecule has 14 heavy (non-hydrogen) atoms. The van der Waals surface area contributed by atoms with Crippen molar-refractivity contribution in [1.82, 2.24) is 4.98 Å². The van der Waals surface area contributed by atoms with Crippen molar-refractivity contribution in [2.24, 2.45) is 0 Å². The largest absolute Gasteiger partial charge is 0.452 e. The summed E-state index contributed by atoms with van der Waals surface area (Å²) in [6, 6.07) is 3.54. The van der Waals surface area contributed by atoms with E-state index >= 15 is 0 Å². The van der Waals surface area contributed by atoms with Crippen LogP contribution in [0.25, 0.3) is 0 Å². The van der Waals surface area contributed by atoms with Crippen LogP contribution in [0.15, 0.2) is 18.3 Å². The molecule has 1 unspecified atom stereocenters. The smallest absolute Gasteiger partial charge is 0.340 e. The van der Waals surface area contributed by atoms with E-state index in [1.807, 2.05) is 0 Å². The van der Waals surface area contributed by atoms with Gasteiger partial charge in [0.1, 0.15) is 6.10 Å². The fourth-order valence-corrected chi connectivity index (χ4v) is 1.68. The summed E-state index contributed by atoms with van der Waals surface area (Å²) in [5.74, 6) is -0.228. The number of esters is 1. The van der Waals surface area contributed by atoms with Crippen LogP contribution in [0.3, 0.4) is 0 Å². The van der Waals surface area contributed by atoms with Crippen molar-refractivity contribution >= 4 is 5.97 Å². The van der Waals surface area contributed by atoms with E-state index < -0.39 is 0 Å². The average Bonchev–Trinajstić information content (AvgIpc) is 2.54.